The second kappa shape index (κ2) is 5.05. The fraction of sp³-hybridized carbons (Fsp3) is 0.571. The van der Waals surface area contributed by atoms with E-state index in [-0.39, 0.29) is 17.6 Å². The summed E-state index contributed by atoms with van der Waals surface area (Å²) in [7, 11) is 0. The molecular formula is C14H20FNO. The largest absolute Gasteiger partial charge is 0.508 e. The van der Waals surface area contributed by atoms with E-state index >= 15 is 0 Å². The number of aromatic hydroxyl groups is 1. The summed E-state index contributed by atoms with van der Waals surface area (Å²) in [4.78, 5) is 0. The van der Waals surface area contributed by atoms with Crippen molar-refractivity contribution in [2.75, 3.05) is 0 Å². The van der Waals surface area contributed by atoms with Gasteiger partial charge < -0.3 is 10.4 Å². The number of rotatable bonds is 3. The molecule has 1 aromatic rings. The standard InChI is InChI=1S/C14H20FNO/c1-9-3-4-11(7-9)16-10(2)13-6-5-12(17)8-14(13)15/h5-6,8-11,16-17H,3-4,7H2,1-2H3. The van der Waals surface area contributed by atoms with E-state index in [9.17, 15) is 9.50 Å². The molecule has 94 valence electrons. The van der Waals surface area contributed by atoms with Crippen molar-refractivity contribution in [2.24, 2.45) is 5.92 Å². The molecule has 3 atom stereocenters. The Morgan fingerprint density at radius 2 is 2.18 bits per heavy atom. The van der Waals surface area contributed by atoms with Gasteiger partial charge in [0.25, 0.3) is 0 Å². The van der Waals surface area contributed by atoms with Crippen LogP contribution in [-0.2, 0) is 0 Å². The van der Waals surface area contributed by atoms with E-state index in [1.807, 2.05) is 6.92 Å². The first-order chi connectivity index (χ1) is 8.06. The molecule has 0 heterocycles. The zero-order valence-corrected chi connectivity index (χ0v) is 10.4. The summed E-state index contributed by atoms with van der Waals surface area (Å²) in [5, 5.41) is 12.6. The van der Waals surface area contributed by atoms with Gasteiger partial charge in [-0.15, -0.1) is 0 Å². The summed E-state index contributed by atoms with van der Waals surface area (Å²) in [6.07, 6.45) is 3.59. The van der Waals surface area contributed by atoms with E-state index in [4.69, 9.17) is 0 Å². The van der Waals surface area contributed by atoms with Gasteiger partial charge in [0.05, 0.1) is 0 Å². The number of hydrogen-bond acceptors (Lipinski definition) is 2. The van der Waals surface area contributed by atoms with Crippen molar-refractivity contribution in [3.63, 3.8) is 0 Å². The van der Waals surface area contributed by atoms with Crippen LogP contribution in [0.5, 0.6) is 5.75 Å². The lowest BCUT2D eigenvalue weighted by molar-refractivity contribution is 0.432. The Labute approximate surface area is 102 Å². The minimum Gasteiger partial charge on any atom is -0.508 e. The smallest absolute Gasteiger partial charge is 0.131 e. The maximum Gasteiger partial charge on any atom is 0.131 e. The molecule has 0 radical (unpaired) electrons. The van der Waals surface area contributed by atoms with Gasteiger partial charge in [-0.1, -0.05) is 13.0 Å². The number of phenolic OH excluding ortho intramolecular Hbond substituents is 1. The van der Waals surface area contributed by atoms with Crippen LogP contribution >= 0.6 is 0 Å². The zero-order valence-electron chi connectivity index (χ0n) is 10.4. The Morgan fingerprint density at radius 1 is 1.41 bits per heavy atom. The highest BCUT2D eigenvalue weighted by molar-refractivity contribution is 5.29. The Kier molecular flexibility index (Phi) is 3.67. The van der Waals surface area contributed by atoms with E-state index in [0.717, 1.165) is 5.92 Å². The van der Waals surface area contributed by atoms with Crippen LogP contribution in [0, 0.1) is 11.7 Å². The van der Waals surface area contributed by atoms with Crippen molar-refractivity contribution < 1.29 is 9.50 Å². The van der Waals surface area contributed by atoms with Crippen LogP contribution < -0.4 is 5.32 Å². The van der Waals surface area contributed by atoms with Gasteiger partial charge in [0.1, 0.15) is 11.6 Å². The average Bonchev–Trinajstić information content (AvgIpc) is 2.63. The van der Waals surface area contributed by atoms with Crippen LogP contribution in [0.15, 0.2) is 18.2 Å². The first kappa shape index (κ1) is 12.4. The number of halogens is 1. The number of phenols is 1. The van der Waals surface area contributed by atoms with Gasteiger partial charge in [-0.2, -0.15) is 0 Å². The van der Waals surface area contributed by atoms with Crippen LogP contribution in [-0.4, -0.2) is 11.1 Å². The van der Waals surface area contributed by atoms with Crippen molar-refractivity contribution in [1.82, 2.24) is 5.32 Å². The van der Waals surface area contributed by atoms with Crippen LogP contribution in [0.4, 0.5) is 4.39 Å². The third kappa shape index (κ3) is 2.97. The molecule has 1 aliphatic carbocycles. The predicted octanol–water partition coefficient (Wildman–Crippen LogP) is 3.37. The Balaban J connectivity index is 2.01. The molecule has 0 aromatic heterocycles. The average molecular weight is 237 g/mol. The van der Waals surface area contributed by atoms with Crippen molar-refractivity contribution in [3.8, 4) is 5.75 Å². The van der Waals surface area contributed by atoms with Crippen LogP contribution in [0.25, 0.3) is 0 Å². The zero-order chi connectivity index (χ0) is 12.4. The molecular weight excluding hydrogens is 217 g/mol. The van der Waals surface area contributed by atoms with E-state index in [1.165, 1.54) is 31.4 Å². The molecule has 1 saturated carbocycles. The Bertz CT molecular complexity index is 394. The van der Waals surface area contributed by atoms with Crippen molar-refractivity contribution in [3.05, 3.63) is 29.6 Å². The highest BCUT2D eigenvalue weighted by atomic mass is 19.1. The molecule has 1 aliphatic rings. The van der Waals surface area contributed by atoms with Gasteiger partial charge in [0.15, 0.2) is 0 Å². The second-order valence-corrected chi connectivity index (χ2v) is 5.21. The molecule has 3 unspecified atom stereocenters. The number of hydrogen-bond donors (Lipinski definition) is 2. The van der Waals surface area contributed by atoms with Gasteiger partial charge in [0.2, 0.25) is 0 Å². The quantitative estimate of drug-likeness (QED) is 0.844. The highest BCUT2D eigenvalue weighted by Crippen LogP contribution is 2.28. The maximum absolute atomic E-state index is 13.7. The summed E-state index contributed by atoms with van der Waals surface area (Å²) in [6.45, 7) is 4.23. The monoisotopic (exact) mass is 237 g/mol. The van der Waals surface area contributed by atoms with Crippen LogP contribution in [0.3, 0.4) is 0 Å². The lowest BCUT2D eigenvalue weighted by Crippen LogP contribution is -2.29. The van der Waals surface area contributed by atoms with Crippen LogP contribution in [0.1, 0.15) is 44.7 Å². The van der Waals surface area contributed by atoms with Crippen molar-refractivity contribution in [2.45, 2.75) is 45.2 Å². The summed E-state index contributed by atoms with van der Waals surface area (Å²) in [6, 6.07) is 4.85. The maximum atomic E-state index is 13.7. The summed E-state index contributed by atoms with van der Waals surface area (Å²) >= 11 is 0. The summed E-state index contributed by atoms with van der Waals surface area (Å²) in [5.41, 5.74) is 0.627. The number of benzene rings is 1. The van der Waals surface area contributed by atoms with Gasteiger partial charge in [-0.3, -0.25) is 0 Å². The fourth-order valence-electron chi connectivity index (χ4n) is 2.67. The molecule has 0 bridgehead atoms. The predicted molar refractivity (Wildman–Crippen MR) is 66.4 cm³/mol. The topological polar surface area (TPSA) is 32.3 Å². The van der Waals surface area contributed by atoms with E-state index in [2.05, 4.69) is 12.2 Å². The molecule has 2 rings (SSSR count). The lowest BCUT2D eigenvalue weighted by atomic mass is 10.1. The first-order valence-corrected chi connectivity index (χ1v) is 6.30. The minimum absolute atomic E-state index is 0.00843. The molecule has 0 spiro atoms. The van der Waals surface area contributed by atoms with Crippen LogP contribution in [0.2, 0.25) is 0 Å². The third-order valence-electron chi connectivity index (χ3n) is 3.63. The van der Waals surface area contributed by atoms with E-state index in [1.54, 1.807) is 6.07 Å². The van der Waals surface area contributed by atoms with E-state index < -0.39 is 0 Å². The van der Waals surface area contributed by atoms with Crippen molar-refractivity contribution in [1.29, 1.82) is 0 Å². The molecule has 2 N–H and O–H groups in total. The van der Waals surface area contributed by atoms with Gasteiger partial charge in [0, 0.05) is 23.7 Å². The molecule has 3 heteroatoms. The SMILES string of the molecule is CC1CCC(NC(C)c2ccc(O)cc2F)C1. The van der Waals surface area contributed by atoms with Crippen molar-refractivity contribution >= 4 is 0 Å². The van der Waals surface area contributed by atoms with Gasteiger partial charge in [-0.25, -0.2) is 4.39 Å². The lowest BCUT2D eigenvalue weighted by Gasteiger charge is -2.20. The highest BCUT2D eigenvalue weighted by Gasteiger charge is 2.23. The molecule has 0 saturated heterocycles. The molecule has 1 aromatic carbocycles. The minimum atomic E-state index is -0.337. The van der Waals surface area contributed by atoms with E-state index in [0.29, 0.717) is 11.6 Å². The van der Waals surface area contributed by atoms with Gasteiger partial charge >= 0.3 is 0 Å². The summed E-state index contributed by atoms with van der Waals surface area (Å²) < 4.78 is 13.7. The second-order valence-electron chi connectivity index (χ2n) is 5.21. The Morgan fingerprint density at radius 3 is 2.76 bits per heavy atom. The molecule has 17 heavy (non-hydrogen) atoms. The molecule has 2 nitrogen and oxygen atoms in total. The molecule has 0 aliphatic heterocycles. The third-order valence-corrected chi connectivity index (χ3v) is 3.63. The Hall–Kier alpha value is -1.09. The number of nitrogens with one attached hydrogen (secondary N) is 1. The fourth-order valence-corrected chi connectivity index (χ4v) is 2.67. The normalized spacial score (nSPS) is 26.1. The first-order valence-electron chi connectivity index (χ1n) is 6.30. The summed E-state index contributed by atoms with van der Waals surface area (Å²) in [5.74, 6) is 0.411. The molecule has 1 fully saturated rings. The molecule has 0 amide bonds. The van der Waals surface area contributed by atoms with Gasteiger partial charge in [-0.05, 0) is 38.2 Å².